The van der Waals surface area contributed by atoms with E-state index in [0.717, 1.165) is 10.8 Å². The number of carbonyl (C=O) groups is 1. The Morgan fingerprint density at radius 1 is 1.69 bits per heavy atom. The number of nitrogens with one attached hydrogen (secondary N) is 1. The summed E-state index contributed by atoms with van der Waals surface area (Å²) in [6.45, 7) is -0.422. The number of aliphatic carboxylic acids is 1. The largest absolute Gasteiger partial charge is 0.573 e. The topological polar surface area (TPSA) is 111 Å². The quantitative estimate of drug-likeness (QED) is 0.595. The predicted octanol–water partition coefficient (Wildman–Crippen LogP) is -1.28. The Kier molecular flexibility index (Phi) is 2.60. The van der Waals surface area contributed by atoms with Gasteiger partial charge in [0.1, 0.15) is 6.54 Å². The van der Waals surface area contributed by atoms with Gasteiger partial charge in [-0.1, -0.05) is 0 Å². The Balaban J connectivity index is 3.07. The Morgan fingerprint density at radius 2 is 2.31 bits per heavy atom. The minimum atomic E-state index is -2.91. The molecule has 0 aromatic carbocycles. The molecule has 0 aliphatic heterocycles. The molecular weight excluding hydrogens is 197 g/mol. The Hall–Kier alpha value is -1.46. The number of imidazole rings is 1. The van der Waals surface area contributed by atoms with Crippen LogP contribution in [0.15, 0.2) is 12.4 Å². The zero-order valence-corrected chi connectivity index (χ0v) is 7.27. The fourth-order valence-corrected chi connectivity index (χ4v) is 1.26. The number of hydrogen-bond acceptors (Lipinski definition) is 4. The lowest BCUT2D eigenvalue weighted by Crippen LogP contribution is -2.25. The summed E-state index contributed by atoms with van der Waals surface area (Å²) < 4.78 is 12.1. The molecule has 1 atom stereocenters. The molecule has 1 unspecified atom stereocenters. The summed E-state index contributed by atoms with van der Waals surface area (Å²) in [5.74, 6) is -1.13. The second-order valence-corrected chi connectivity index (χ2v) is 3.13. The molecule has 0 fully saturated rings. The first-order valence-corrected chi connectivity index (χ1v) is 4.34. The zero-order chi connectivity index (χ0) is 10.0. The van der Waals surface area contributed by atoms with E-state index in [1.54, 1.807) is 0 Å². The summed E-state index contributed by atoms with van der Waals surface area (Å²) >= 11 is 0. The molecule has 0 aliphatic rings. The molecule has 7 nitrogen and oxygen atoms in total. The molecule has 0 spiro atoms. The molecule has 2 N–H and O–H groups in total. The van der Waals surface area contributed by atoms with Crippen LogP contribution < -0.4 is 10.5 Å². The summed E-state index contributed by atoms with van der Waals surface area (Å²) in [7, 11) is -2.91. The SMILES string of the molecule is N=c1n(CC(=O)O)ccn1[P+](=O)[O-]. The molecule has 0 amide bonds. The van der Waals surface area contributed by atoms with E-state index in [4.69, 9.17) is 10.5 Å². The molecule has 1 aromatic rings. The van der Waals surface area contributed by atoms with Gasteiger partial charge >= 0.3 is 14.1 Å². The van der Waals surface area contributed by atoms with Crippen molar-refractivity contribution in [2.75, 3.05) is 0 Å². The van der Waals surface area contributed by atoms with Crippen molar-refractivity contribution in [1.29, 1.82) is 5.41 Å². The van der Waals surface area contributed by atoms with E-state index in [1.807, 2.05) is 0 Å². The highest BCUT2D eigenvalue weighted by Crippen LogP contribution is 2.06. The van der Waals surface area contributed by atoms with Crippen molar-refractivity contribution in [3.63, 3.8) is 0 Å². The molecule has 0 radical (unpaired) electrons. The highest BCUT2D eigenvalue weighted by molar-refractivity contribution is 7.34. The van der Waals surface area contributed by atoms with Crippen molar-refractivity contribution in [2.45, 2.75) is 6.54 Å². The molecule has 0 bridgehead atoms. The number of hydrogen-bond donors (Lipinski definition) is 2. The van der Waals surface area contributed by atoms with E-state index < -0.39 is 20.7 Å². The molecular formula is C5H6N3O4P. The number of aromatic nitrogens is 2. The first-order chi connectivity index (χ1) is 6.02. The summed E-state index contributed by atoms with van der Waals surface area (Å²) in [6.07, 6.45) is 2.35. The van der Waals surface area contributed by atoms with E-state index >= 15 is 0 Å². The van der Waals surface area contributed by atoms with E-state index in [9.17, 15) is 14.3 Å². The highest BCUT2D eigenvalue weighted by Gasteiger charge is 2.10. The van der Waals surface area contributed by atoms with E-state index in [1.165, 1.54) is 6.20 Å². The van der Waals surface area contributed by atoms with E-state index in [0.29, 0.717) is 4.34 Å². The first-order valence-electron chi connectivity index (χ1n) is 3.21. The summed E-state index contributed by atoms with van der Waals surface area (Å²) in [5, 5.41) is 15.6. The van der Waals surface area contributed by atoms with Crippen LogP contribution in [0.1, 0.15) is 0 Å². The van der Waals surface area contributed by atoms with Crippen LogP contribution >= 0.6 is 8.18 Å². The van der Waals surface area contributed by atoms with Crippen LogP contribution in [0.4, 0.5) is 0 Å². The third-order valence-corrected chi connectivity index (χ3v) is 2.03. The maximum Gasteiger partial charge on any atom is 0.447 e. The van der Waals surface area contributed by atoms with Gasteiger partial charge < -0.3 is 14.6 Å². The van der Waals surface area contributed by atoms with Gasteiger partial charge in [-0.3, -0.25) is 10.2 Å². The van der Waals surface area contributed by atoms with Gasteiger partial charge in [0.2, 0.25) is 5.62 Å². The number of carboxylic acid groups (broad SMARTS) is 1. The summed E-state index contributed by atoms with van der Waals surface area (Å²) in [6, 6.07) is 0. The lowest BCUT2D eigenvalue weighted by molar-refractivity contribution is -0.167. The minimum absolute atomic E-state index is 0.376. The zero-order valence-electron chi connectivity index (χ0n) is 6.38. The fourth-order valence-electron chi connectivity index (χ4n) is 0.822. The first kappa shape index (κ1) is 9.63. The maximum absolute atomic E-state index is 10.4. The Labute approximate surface area is 73.3 Å². The van der Waals surface area contributed by atoms with Crippen LogP contribution in [0.5, 0.6) is 0 Å². The standard InChI is InChI=1S/C5H6N3O4P/c6-5-7(3-4(9)10)1-2-8(5)13(11)12/h1-2,6H,3H2,(H,9,10). The van der Waals surface area contributed by atoms with Crippen molar-refractivity contribution >= 4 is 14.1 Å². The predicted molar refractivity (Wildman–Crippen MR) is 38.9 cm³/mol. The molecule has 0 saturated carbocycles. The lowest BCUT2D eigenvalue weighted by atomic mass is 10.6. The second-order valence-electron chi connectivity index (χ2n) is 2.23. The van der Waals surface area contributed by atoms with Gasteiger partial charge in [-0.2, -0.15) is 0 Å². The monoisotopic (exact) mass is 203 g/mol. The van der Waals surface area contributed by atoms with Crippen molar-refractivity contribution in [3.8, 4) is 0 Å². The molecule has 1 heterocycles. The van der Waals surface area contributed by atoms with E-state index in [-0.39, 0.29) is 5.62 Å². The number of carboxylic acids is 1. The highest BCUT2D eigenvalue weighted by atomic mass is 31.1. The molecule has 1 aromatic heterocycles. The number of nitrogens with zero attached hydrogens (tertiary/aromatic N) is 2. The van der Waals surface area contributed by atoms with Crippen LogP contribution in [0, 0.1) is 5.41 Å². The van der Waals surface area contributed by atoms with Gasteiger partial charge in [0.15, 0.2) is 0 Å². The van der Waals surface area contributed by atoms with Crippen molar-refractivity contribution < 1.29 is 19.4 Å². The minimum Gasteiger partial charge on any atom is -0.573 e. The Morgan fingerprint density at radius 3 is 2.69 bits per heavy atom. The van der Waals surface area contributed by atoms with Crippen LogP contribution in [0.3, 0.4) is 0 Å². The van der Waals surface area contributed by atoms with Gasteiger partial charge in [0.25, 0.3) is 0 Å². The van der Waals surface area contributed by atoms with Gasteiger partial charge in [-0.05, 0) is 4.57 Å². The average Bonchev–Trinajstić information content (AvgIpc) is 2.32. The third kappa shape index (κ3) is 2.01. The summed E-state index contributed by atoms with van der Waals surface area (Å²) in [5.41, 5.74) is -0.376. The third-order valence-electron chi connectivity index (χ3n) is 1.36. The maximum atomic E-state index is 10.4. The van der Waals surface area contributed by atoms with Gasteiger partial charge in [0.05, 0.1) is 6.20 Å². The van der Waals surface area contributed by atoms with Gasteiger partial charge in [0, 0.05) is 6.20 Å². The van der Waals surface area contributed by atoms with Crippen LogP contribution in [-0.2, 0) is 15.9 Å². The second kappa shape index (κ2) is 3.51. The fraction of sp³-hybridized carbons (Fsp3) is 0.200. The average molecular weight is 203 g/mol. The molecule has 1 rings (SSSR count). The summed E-state index contributed by atoms with van der Waals surface area (Å²) in [4.78, 5) is 20.7. The van der Waals surface area contributed by atoms with Crippen LogP contribution in [0.25, 0.3) is 0 Å². The van der Waals surface area contributed by atoms with Crippen molar-refractivity contribution in [1.82, 2.24) is 8.90 Å². The molecule has 0 saturated heterocycles. The lowest BCUT2D eigenvalue weighted by Gasteiger charge is -1.94. The van der Waals surface area contributed by atoms with Gasteiger partial charge in [-0.25, -0.2) is 0 Å². The molecule has 0 aliphatic carbocycles. The molecule has 70 valence electrons. The van der Waals surface area contributed by atoms with E-state index in [2.05, 4.69) is 0 Å². The van der Waals surface area contributed by atoms with Crippen LogP contribution in [-0.4, -0.2) is 20.0 Å². The number of rotatable bonds is 3. The normalized spacial score (nSPS) is 11.3. The van der Waals surface area contributed by atoms with Crippen LogP contribution in [0.2, 0.25) is 0 Å². The van der Waals surface area contributed by atoms with Gasteiger partial charge in [-0.15, -0.1) is 4.34 Å². The molecule has 13 heavy (non-hydrogen) atoms. The van der Waals surface area contributed by atoms with Crippen molar-refractivity contribution in [3.05, 3.63) is 18.0 Å². The Bertz CT molecular complexity index is 406. The van der Waals surface area contributed by atoms with Crippen molar-refractivity contribution in [2.24, 2.45) is 0 Å². The smallest absolute Gasteiger partial charge is 0.447 e. The molecule has 8 heteroatoms.